The highest BCUT2D eigenvalue weighted by Gasteiger charge is 2.29. The maximum absolute atomic E-state index is 12.0. The molecule has 0 radical (unpaired) electrons. The molecule has 0 saturated carbocycles. The van der Waals surface area contributed by atoms with Crippen molar-refractivity contribution in [2.24, 2.45) is 0 Å². The second kappa shape index (κ2) is 9.08. The fourth-order valence-corrected chi connectivity index (χ4v) is 2.82. The van der Waals surface area contributed by atoms with Crippen molar-refractivity contribution in [1.82, 2.24) is 5.32 Å². The third-order valence-electron chi connectivity index (χ3n) is 3.90. The first-order valence-corrected chi connectivity index (χ1v) is 9.18. The minimum Gasteiger partial charge on any atom is -0.479 e. The molecule has 1 amide bonds. The van der Waals surface area contributed by atoms with Gasteiger partial charge in [-0.1, -0.05) is 48.0 Å². The number of amides is 1. The highest BCUT2D eigenvalue weighted by atomic mass is 35.5. The summed E-state index contributed by atoms with van der Waals surface area (Å²) in [6.45, 7) is 5.09. The fraction of sp³-hybridized carbons (Fsp3) is 0.333. The Balaban J connectivity index is 2.14. The molecule has 0 aliphatic carbocycles. The number of hydrogen-bond donors (Lipinski definition) is 3. The van der Waals surface area contributed by atoms with Crippen molar-refractivity contribution in [2.75, 3.05) is 0 Å². The number of benzene rings is 2. The zero-order chi connectivity index (χ0) is 20.9. The molecule has 1 unspecified atom stereocenters. The SMILES string of the molecule is CC(C)(C)OC(=O)N[C@H](Cc1ccc(-c2cccc(Cl)c2)cc1)C(O)C(=O)O. The Morgan fingerprint density at radius 3 is 2.29 bits per heavy atom. The van der Waals surface area contributed by atoms with Crippen molar-refractivity contribution >= 4 is 23.7 Å². The summed E-state index contributed by atoms with van der Waals surface area (Å²) in [6.07, 6.45) is -2.42. The number of carbonyl (C=O) groups is 2. The smallest absolute Gasteiger partial charge is 0.407 e. The third-order valence-corrected chi connectivity index (χ3v) is 4.14. The topological polar surface area (TPSA) is 95.9 Å². The Kier molecular flexibility index (Phi) is 7.05. The van der Waals surface area contributed by atoms with Crippen molar-refractivity contribution in [2.45, 2.75) is 44.9 Å². The zero-order valence-corrected chi connectivity index (χ0v) is 16.7. The normalized spacial score (nSPS) is 13.5. The Labute approximate surface area is 169 Å². The molecule has 2 aromatic carbocycles. The number of hydrogen-bond acceptors (Lipinski definition) is 4. The van der Waals surface area contributed by atoms with Crippen molar-refractivity contribution in [3.8, 4) is 11.1 Å². The summed E-state index contributed by atoms with van der Waals surface area (Å²) in [5.41, 5.74) is 1.92. The van der Waals surface area contributed by atoms with E-state index in [0.29, 0.717) is 5.02 Å². The largest absolute Gasteiger partial charge is 0.479 e. The molecule has 7 heteroatoms. The minimum atomic E-state index is -1.76. The summed E-state index contributed by atoms with van der Waals surface area (Å²) < 4.78 is 5.16. The zero-order valence-electron chi connectivity index (χ0n) is 16.0. The second-order valence-corrected chi connectivity index (χ2v) is 7.88. The molecule has 3 N–H and O–H groups in total. The van der Waals surface area contributed by atoms with Gasteiger partial charge in [0.1, 0.15) is 5.60 Å². The van der Waals surface area contributed by atoms with Gasteiger partial charge in [0.25, 0.3) is 0 Å². The summed E-state index contributed by atoms with van der Waals surface area (Å²) >= 11 is 6.02. The molecule has 0 aliphatic rings. The third kappa shape index (κ3) is 6.55. The molecule has 0 spiro atoms. The minimum absolute atomic E-state index is 0.128. The van der Waals surface area contributed by atoms with Gasteiger partial charge in [-0.2, -0.15) is 0 Å². The van der Waals surface area contributed by atoms with Gasteiger partial charge in [-0.3, -0.25) is 0 Å². The van der Waals surface area contributed by atoms with E-state index in [9.17, 15) is 14.7 Å². The van der Waals surface area contributed by atoms with Crippen molar-refractivity contribution in [3.63, 3.8) is 0 Å². The Morgan fingerprint density at radius 2 is 1.75 bits per heavy atom. The van der Waals surface area contributed by atoms with Crippen molar-refractivity contribution in [3.05, 3.63) is 59.1 Å². The maximum atomic E-state index is 12.0. The number of carboxylic acid groups (broad SMARTS) is 1. The Bertz CT molecular complexity index is 829. The summed E-state index contributed by atoms with van der Waals surface area (Å²) in [4.78, 5) is 23.2. The molecule has 0 fully saturated rings. The molecule has 6 nitrogen and oxygen atoms in total. The van der Waals surface area contributed by atoms with Gasteiger partial charge < -0.3 is 20.3 Å². The second-order valence-electron chi connectivity index (χ2n) is 7.45. The van der Waals surface area contributed by atoms with Gasteiger partial charge in [0.05, 0.1) is 6.04 Å². The predicted molar refractivity (Wildman–Crippen MR) is 107 cm³/mol. The number of aliphatic hydroxyl groups is 1. The average molecular weight is 406 g/mol. The molecule has 0 bridgehead atoms. The first-order valence-electron chi connectivity index (χ1n) is 8.80. The van der Waals surface area contributed by atoms with Crippen LogP contribution in [0.5, 0.6) is 0 Å². The van der Waals surface area contributed by atoms with Crippen LogP contribution >= 0.6 is 11.6 Å². The molecule has 0 aromatic heterocycles. The maximum Gasteiger partial charge on any atom is 0.407 e. The van der Waals surface area contributed by atoms with Gasteiger partial charge in [0, 0.05) is 5.02 Å². The van der Waals surface area contributed by atoms with Crippen LogP contribution in [0.1, 0.15) is 26.3 Å². The number of carbonyl (C=O) groups excluding carboxylic acids is 1. The summed E-state index contributed by atoms with van der Waals surface area (Å²) in [7, 11) is 0. The highest BCUT2D eigenvalue weighted by molar-refractivity contribution is 6.30. The van der Waals surface area contributed by atoms with Crippen LogP contribution in [0, 0.1) is 0 Å². The molecular formula is C21H24ClNO5. The van der Waals surface area contributed by atoms with E-state index >= 15 is 0 Å². The molecular weight excluding hydrogens is 382 g/mol. The predicted octanol–water partition coefficient (Wildman–Crippen LogP) is 3.89. The molecule has 150 valence electrons. The molecule has 2 aromatic rings. The number of carboxylic acids is 1. The van der Waals surface area contributed by atoms with Crippen LogP contribution in [0.3, 0.4) is 0 Å². The van der Waals surface area contributed by atoms with E-state index in [4.69, 9.17) is 21.4 Å². The molecule has 0 heterocycles. The van der Waals surface area contributed by atoms with E-state index in [0.717, 1.165) is 16.7 Å². The summed E-state index contributed by atoms with van der Waals surface area (Å²) in [5.74, 6) is -1.42. The van der Waals surface area contributed by atoms with Crippen LogP contribution in [0.4, 0.5) is 4.79 Å². The molecule has 2 atom stereocenters. The number of halogens is 1. The van der Waals surface area contributed by atoms with E-state index in [1.54, 1.807) is 26.8 Å². The van der Waals surface area contributed by atoms with Gasteiger partial charge >= 0.3 is 12.1 Å². The van der Waals surface area contributed by atoms with Gasteiger partial charge in [0.2, 0.25) is 0 Å². The lowest BCUT2D eigenvalue weighted by atomic mass is 9.98. The van der Waals surface area contributed by atoms with E-state index in [2.05, 4.69) is 5.32 Å². The molecule has 28 heavy (non-hydrogen) atoms. The number of aliphatic hydroxyl groups excluding tert-OH is 1. The fourth-order valence-electron chi connectivity index (χ4n) is 2.63. The van der Waals surface area contributed by atoms with Gasteiger partial charge in [-0.15, -0.1) is 0 Å². The Hall–Kier alpha value is -2.57. The first kappa shape index (κ1) is 21.7. The van der Waals surface area contributed by atoms with E-state index < -0.39 is 29.8 Å². The van der Waals surface area contributed by atoms with Crippen molar-refractivity contribution in [1.29, 1.82) is 0 Å². The van der Waals surface area contributed by atoms with Crippen LogP contribution in [-0.4, -0.2) is 40.0 Å². The van der Waals surface area contributed by atoms with E-state index in [1.165, 1.54) is 0 Å². The van der Waals surface area contributed by atoms with E-state index in [-0.39, 0.29) is 6.42 Å². The quantitative estimate of drug-likeness (QED) is 0.677. The monoisotopic (exact) mass is 405 g/mol. The standard InChI is InChI=1S/C21H24ClNO5/c1-21(2,3)28-20(27)23-17(18(24)19(25)26)11-13-7-9-14(10-8-13)15-5-4-6-16(22)12-15/h4-10,12,17-18,24H,11H2,1-3H3,(H,23,27)(H,25,26)/t17-,18?/m1/s1. The number of alkyl carbamates (subject to hydrolysis) is 1. The summed E-state index contributed by atoms with van der Waals surface area (Å²) in [6, 6.07) is 13.8. The Morgan fingerprint density at radius 1 is 1.11 bits per heavy atom. The van der Waals surface area contributed by atoms with Crippen LogP contribution in [0.15, 0.2) is 48.5 Å². The number of nitrogens with one attached hydrogen (secondary N) is 1. The highest BCUT2D eigenvalue weighted by Crippen LogP contribution is 2.23. The van der Waals surface area contributed by atoms with Crippen LogP contribution < -0.4 is 5.32 Å². The van der Waals surface area contributed by atoms with E-state index in [1.807, 2.05) is 42.5 Å². The lowest BCUT2D eigenvalue weighted by molar-refractivity contribution is -0.148. The molecule has 0 aliphatic heterocycles. The van der Waals surface area contributed by atoms with Crippen molar-refractivity contribution < 1.29 is 24.5 Å². The number of aliphatic carboxylic acids is 1. The lowest BCUT2D eigenvalue weighted by Crippen LogP contribution is -2.49. The van der Waals surface area contributed by atoms with Crippen LogP contribution in [0.25, 0.3) is 11.1 Å². The van der Waals surface area contributed by atoms with Gasteiger partial charge in [-0.05, 0) is 56.0 Å². The van der Waals surface area contributed by atoms with Gasteiger partial charge in [0.15, 0.2) is 6.10 Å². The summed E-state index contributed by atoms with van der Waals surface area (Å²) in [5, 5.41) is 22.2. The van der Waals surface area contributed by atoms with Gasteiger partial charge in [-0.25, -0.2) is 9.59 Å². The van der Waals surface area contributed by atoms with Crippen LogP contribution in [-0.2, 0) is 16.0 Å². The van der Waals surface area contributed by atoms with Crippen LogP contribution in [0.2, 0.25) is 5.02 Å². The first-order chi connectivity index (χ1) is 13.0. The lowest BCUT2D eigenvalue weighted by Gasteiger charge is -2.25. The number of ether oxygens (including phenoxy) is 1. The molecule has 0 saturated heterocycles. The molecule has 2 rings (SSSR count). The average Bonchev–Trinajstić information content (AvgIpc) is 2.59. The number of rotatable bonds is 6.